The van der Waals surface area contributed by atoms with Crippen LogP contribution in [0.2, 0.25) is 0 Å². The summed E-state index contributed by atoms with van der Waals surface area (Å²) in [6.07, 6.45) is -0.266. The Balaban J connectivity index is 2.06. The zero-order valence-electron chi connectivity index (χ0n) is 19.5. The summed E-state index contributed by atoms with van der Waals surface area (Å²) in [5.41, 5.74) is 1.93. The first-order valence-electron chi connectivity index (χ1n) is 10.2. The van der Waals surface area contributed by atoms with Crippen molar-refractivity contribution in [3.8, 4) is 34.5 Å². The first-order valence-corrected chi connectivity index (χ1v) is 10.2. The summed E-state index contributed by atoms with van der Waals surface area (Å²) < 4.78 is 39.7. The Hall–Kier alpha value is -2.80. The molecule has 2 aromatic rings. The molecule has 1 heterocycles. The van der Waals surface area contributed by atoms with E-state index in [0.717, 1.165) is 16.9 Å². The van der Waals surface area contributed by atoms with E-state index >= 15 is 0 Å². The van der Waals surface area contributed by atoms with Crippen LogP contribution in [0.5, 0.6) is 34.5 Å². The molecule has 7 nitrogen and oxygen atoms in total. The molecule has 3 rings (SSSR count). The Morgan fingerprint density at radius 1 is 0.548 bits per heavy atom. The van der Waals surface area contributed by atoms with Crippen molar-refractivity contribution in [1.29, 1.82) is 0 Å². The minimum Gasteiger partial charge on any atom is -0.496 e. The van der Waals surface area contributed by atoms with Crippen molar-refractivity contribution in [2.75, 3.05) is 42.7 Å². The number of ether oxygens (including phenoxy) is 7. The van der Waals surface area contributed by atoms with E-state index < -0.39 is 0 Å². The van der Waals surface area contributed by atoms with Crippen LogP contribution in [0.4, 0.5) is 0 Å². The second-order valence-corrected chi connectivity index (χ2v) is 7.54. The van der Waals surface area contributed by atoms with Crippen LogP contribution in [0.1, 0.15) is 37.0 Å². The molecule has 1 saturated heterocycles. The molecule has 0 N–H and O–H groups in total. The number of benzene rings is 2. The Labute approximate surface area is 184 Å². The lowest BCUT2D eigenvalue weighted by Gasteiger charge is -2.24. The van der Waals surface area contributed by atoms with Crippen LogP contribution in [0.3, 0.4) is 0 Å². The minimum atomic E-state index is -0.201. The van der Waals surface area contributed by atoms with Gasteiger partial charge in [0, 0.05) is 29.2 Å². The van der Waals surface area contributed by atoms with E-state index in [1.807, 2.05) is 24.3 Å². The number of hydrogen-bond donors (Lipinski definition) is 0. The lowest BCUT2D eigenvalue weighted by molar-refractivity contribution is 0.0415. The highest BCUT2D eigenvalue weighted by Gasteiger charge is 2.44. The molecular weight excluding hydrogens is 400 g/mol. The Morgan fingerprint density at radius 2 is 0.935 bits per heavy atom. The zero-order valence-corrected chi connectivity index (χ0v) is 19.5. The molecule has 0 spiro atoms. The zero-order chi connectivity index (χ0) is 22.7. The fourth-order valence-corrected chi connectivity index (χ4v) is 4.54. The second kappa shape index (κ2) is 9.56. The van der Waals surface area contributed by atoms with E-state index in [9.17, 15) is 0 Å². The van der Waals surface area contributed by atoms with Gasteiger partial charge in [0.05, 0.1) is 54.9 Å². The molecule has 1 aliphatic heterocycles. The van der Waals surface area contributed by atoms with Gasteiger partial charge in [-0.25, -0.2) is 0 Å². The second-order valence-electron chi connectivity index (χ2n) is 7.54. The predicted molar refractivity (Wildman–Crippen MR) is 117 cm³/mol. The number of rotatable bonds is 8. The van der Waals surface area contributed by atoms with Crippen molar-refractivity contribution in [3.63, 3.8) is 0 Å². The molecule has 2 aromatic carbocycles. The summed E-state index contributed by atoms with van der Waals surface area (Å²) in [7, 11) is 9.76. The Bertz CT molecular complexity index is 911. The van der Waals surface area contributed by atoms with Gasteiger partial charge in [-0.3, -0.25) is 0 Å². The fraction of sp³-hybridized carbons (Fsp3) is 0.500. The molecule has 0 aromatic heterocycles. The van der Waals surface area contributed by atoms with E-state index in [0.29, 0.717) is 28.7 Å². The molecule has 0 unspecified atom stereocenters. The van der Waals surface area contributed by atoms with Gasteiger partial charge in [-0.15, -0.1) is 0 Å². The first kappa shape index (κ1) is 22.9. The monoisotopic (exact) mass is 432 g/mol. The highest BCUT2D eigenvalue weighted by Crippen LogP contribution is 2.53. The van der Waals surface area contributed by atoms with Gasteiger partial charge in [0.25, 0.3) is 0 Å². The van der Waals surface area contributed by atoms with Crippen molar-refractivity contribution in [2.24, 2.45) is 5.92 Å². The fourth-order valence-electron chi connectivity index (χ4n) is 4.54. The summed E-state index contributed by atoms with van der Waals surface area (Å²) >= 11 is 0. The third kappa shape index (κ3) is 4.06. The van der Waals surface area contributed by atoms with Gasteiger partial charge in [-0.05, 0) is 25.0 Å². The molecular formula is C24H32O7. The third-order valence-electron chi connectivity index (χ3n) is 6.05. The maximum Gasteiger partial charge on any atom is 0.164 e. The molecule has 31 heavy (non-hydrogen) atoms. The van der Waals surface area contributed by atoms with Crippen molar-refractivity contribution in [3.05, 3.63) is 35.4 Å². The summed E-state index contributed by atoms with van der Waals surface area (Å²) in [5, 5.41) is 0. The smallest absolute Gasteiger partial charge is 0.164 e. The van der Waals surface area contributed by atoms with Gasteiger partial charge in [-0.1, -0.05) is 6.92 Å². The van der Waals surface area contributed by atoms with Gasteiger partial charge >= 0.3 is 0 Å². The predicted octanol–water partition coefficient (Wildman–Crippen LogP) is 4.62. The van der Waals surface area contributed by atoms with Crippen molar-refractivity contribution < 1.29 is 33.2 Å². The van der Waals surface area contributed by atoms with Gasteiger partial charge < -0.3 is 33.2 Å². The minimum absolute atomic E-state index is 0.0650. The lowest BCUT2D eigenvalue weighted by atomic mass is 9.81. The normalized spacial score (nSPS) is 22.7. The summed E-state index contributed by atoms with van der Waals surface area (Å²) in [6, 6.07) is 7.60. The molecule has 170 valence electrons. The van der Waals surface area contributed by atoms with Crippen molar-refractivity contribution in [2.45, 2.75) is 32.0 Å². The number of methoxy groups -OCH3 is 6. The van der Waals surface area contributed by atoms with Gasteiger partial charge in [0.1, 0.15) is 11.5 Å². The highest BCUT2D eigenvalue weighted by atomic mass is 16.5. The highest BCUT2D eigenvalue weighted by molar-refractivity contribution is 5.54. The van der Waals surface area contributed by atoms with Crippen LogP contribution in [0, 0.1) is 5.92 Å². The first-order chi connectivity index (χ1) is 14.9. The summed E-state index contributed by atoms with van der Waals surface area (Å²) in [6.45, 7) is 4.25. The van der Waals surface area contributed by atoms with Crippen LogP contribution in [-0.2, 0) is 4.74 Å². The van der Waals surface area contributed by atoms with Crippen molar-refractivity contribution >= 4 is 0 Å². The SMILES string of the molecule is COc1cc(OC)c([C@@H]2[C@@H](C)[C@@H](c3cc(OC)c(OC)cc3OC)O[C@H]2C)cc1OC. The molecule has 0 amide bonds. The summed E-state index contributed by atoms with van der Waals surface area (Å²) in [4.78, 5) is 0. The third-order valence-corrected chi connectivity index (χ3v) is 6.05. The summed E-state index contributed by atoms with van der Waals surface area (Å²) in [5.74, 6) is 4.15. The van der Waals surface area contributed by atoms with Crippen LogP contribution < -0.4 is 28.4 Å². The van der Waals surface area contributed by atoms with E-state index in [1.165, 1.54) is 0 Å². The van der Waals surface area contributed by atoms with Crippen LogP contribution in [0.25, 0.3) is 0 Å². The maximum atomic E-state index is 6.47. The van der Waals surface area contributed by atoms with Crippen LogP contribution >= 0.6 is 0 Å². The Kier molecular flexibility index (Phi) is 7.05. The van der Waals surface area contributed by atoms with Crippen molar-refractivity contribution in [1.82, 2.24) is 0 Å². The molecule has 0 aliphatic carbocycles. The molecule has 1 fully saturated rings. The van der Waals surface area contributed by atoms with E-state index in [1.54, 1.807) is 42.7 Å². The van der Waals surface area contributed by atoms with Gasteiger partial charge in [0.15, 0.2) is 23.0 Å². The molecule has 7 heteroatoms. The van der Waals surface area contributed by atoms with Crippen LogP contribution in [-0.4, -0.2) is 48.8 Å². The maximum absolute atomic E-state index is 6.47. The van der Waals surface area contributed by atoms with E-state index in [-0.39, 0.29) is 24.0 Å². The van der Waals surface area contributed by atoms with Gasteiger partial charge in [-0.2, -0.15) is 0 Å². The van der Waals surface area contributed by atoms with E-state index in [2.05, 4.69) is 13.8 Å². The largest absolute Gasteiger partial charge is 0.496 e. The molecule has 0 bridgehead atoms. The Morgan fingerprint density at radius 3 is 1.39 bits per heavy atom. The molecule has 0 radical (unpaired) electrons. The average molecular weight is 433 g/mol. The quantitative estimate of drug-likeness (QED) is 0.603. The van der Waals surface area contributed by atoms with Gasteiger partial charge in [0.2, 0.25) is 0 Å². The standard InChI is InChI=1S/C24H32O7/c1-13-23(15-9-19(27-5)21(29-7)11-17(15)25-3)14(2)31-24(13)16-10-20(28-6)22(30-8)12-18(16)26-4/h9-14,23-24H,1-8H3/t13-,14+,23-,24+/m1/s1. The number of hydrogen-bond acceptors (Lipinski definition) is 7. The molecule has 4 atom stereocenters. The van der Waals surface area contributed by atoms with Crippen LogP contribution in [0.15, 0.2) is 24.3 Å². The molecule has 1 aliphatic rings. The van der Waals surface area contributed by atoms with E-state index in [4.69, 9.17) is 33.2 Å². The molecule has 0 saturated carbocycles. The average Bonchev–Trinajstić information content (AvgIpc) is 3.10. The topological polar surface area (TPSA) is 64.6 Å². The lowest BCUT2D eigenvalue weighted by Crippen LogP contribution is -2.16.